The molecule has 0 saturated heterocycles. The highest BCUT2D eigenvalue weighted by Crippen LogP contribution is 2.37. The van der Waals surface area contributed by atoms with E-state index >= 15 is 0 Å². The van der Waals surface area contributed by atoms with Crippen LogP contribution in [0.4, 0.5) is 13.2 Å². The number of nitrogens with zero attached hydrogens (tertiary/aromatic N) is 1. The number of esters is 1. The minimum absolute atomic E-state index is 0.0370. The van der Waals surface area contributed by atoms with Crippen LogP contribution >= 0.6 is 0 Å². The van der Waals surface area contributed by atoms with Gasteiger partial charge in [-0.25, -0.2) is 4.79 Å². The van der Waals surface area contributed by atoms with E-state index in [2.05, 4.69) is 5.32 Å². The predicted octanol–water partition coefficient (Wildman–Crippen LogP) is 4.07. The van der Waals surface area contributed by atoms with E-state index in [0.717, 1.165) is 55.5 Å². The number of halogens is 3. The Balaban J connectivity index is 1.63. The smallest absolute Gasteiger partial charge is 0.416 e. The quantitative estimate of drug-likeness (QED) is 0.751. The lowest BCUT2D eigenvalue weighted by Crippen LogP contribution is -2.48. The number of ether oxygens (including phenoxy) is 1. The summed E-state index contributed by atoms with van der Waals surface area (Å²) in [6, 6.07) is 5.52. The number of amides is 1. The van der Waals surface area contributed by atoms with Gasteiger partial charge in [0.25, 0.3) is 5.91 Å². The van der Waals surface area contributed by atoms with Crippen molar-refractivity contribution in [3.8, 4) is 6.07 Å². The van der Waals surface area contributed by atoms with E-state index in [1.807, 2.05) is 12.1 Å². The number of alkyl halides is 3. The fourth-order valence-corrected chi connectivity index (χ4v) is 3.36. The minimum atomic E-state index is -4.51. The molecule has 0 aliphatic heterocycles. The largest absolute Gasteiger partial charge is 0.458 e. The highest BCUT2D eigenvalue weighted by atomic mass is 19.4. The lowest BCUT2D eigenvalue weighted by atomic mass is 9.94. The van der Waals surface area contributed by atoms with Gasteiger partial charge in [0.15, 0.2) is 5.54 Å². The number of allylic oxidation sites excluding steroid dienone is 2. The molecule has 1 fully saturated rings. The molecule has 2 aliphatic rings. The van der Waals surface area contributed by atoms with E-state index in [4.69, 9.17) is 4.74 Å². The first kappa shape index (κ1) is 20.6. The van der Waals surface area contributed by atoms with Crippen molar-refractivity contribution in [1.82, 2.24) is 5.32 Å². The van der Waals surface area contributed by atoms with E-state index in [1.165, 1.54) is 12.5 Å². The number of benzene rings is 1. The summed E-state index contributed by atoms with van der Waals surface area (Å²) in [5.41, 5.74) is 0.301. The molecule has 1 saturated carbocycles. The maximum Gasteiger partial charge on any atom is 0.416 e. The zero-order chi connectivity index (χ0) is 21.2. The van der Waals surface area contributed by atoms with Gasteiger partial charge in [0.1, 0.15) is 6.61 Å². The molecule has 1 unspecified atom stereocenters. The summed E-state index contributed by atoms with van der Waals surface area (Å²) >= 11 is 0. The number of nitriles is 1. The molecule has 0 heterocycles. The van der Waals surface area contributed by atoms with Gasteiger partial charge in [-0.15, -0.1) is 0 Å². The van der Waals surface area contributed by atoms with E-state index in [9.17, 15) is 28.0 Å². The van der Waals surface area contributed by atoms with Crippen LogP contribution in [0.2, 0.25) is 0 Å². The van der Waals surface area contributed by atoms with E-state index < -0.39 is 29.2 Å². The Morgan fingerprint density at radius 1 is 1.21 bits per heavy atom. The molecule has 8 heteroatoms. The van der Waals surface area contributed by atoms with Crippen molar-refractivity contribution in [2.24, 2.45) is 0 Å². The van der Waals surface area contributed by atoms with Crippen molar-refractivity contribution in [2.75, 3.05) is 6.61 Å². The second-order valence-electron chi connectivity index (χ2n) is 7.40. The van der Waals surface area contributed by atoms with E-state index in [1.54, 1.807) is 0 Å². The predicted molar refractivity (Wildman–Crippen MR) is 97.5 cm³/mol. The van der Waals surface area contributed by atoms with E-state index in [0.29, 0.717) is 5.57 Å². The number of hydrogen-bond acceptors (Lipinski definition) is 4. The molecule has 1 N–H and O–H groups in total. The number of nitrogens with one attached hydrogen (secondary N) is 1. The van der Waals surface area contributed by atoms with Crippen LogP contribution in [0.15, 0.2) is 47.1 Å². The molecule has 1 amide bonds. The Morgan fingerprint density at radius 3 is 2.48 bits per heavy atom. The van der Waals surface area contributed by atoms with Crippen LogP contribution in [0.3, 0.4) is 0 Å². The Hall–Kier alpha value is -3.08. The zero-order valence-electron chi connectivity index (χ0n) is 15.7. The fraction of sp³-hybridized carbons (Fsp3) is 0.381. The molecule has 0 radical (unpaired) electrons. The first-order valence-electron chi connectivity index (χ1n) is 9.11. The first-order valence-corrected chi connectivity index (χ1v) is 9.11. The van der Waals surface area contributed by atoms with Crippen molar-refractivity contribution < 1.29 is 27.5 Å². The van der Waals surface area contributed by atoms with Gasteiger partial charge in [-0.3, -0.25) is 4.79 Å². The van der Waals surface area contributed by atoms with Gasteiger partial charge >= 0.3 is 12.1 Å². The molecular formula is C21H19F3N2O3. The summed E-state index contributed by atoms with van der Waals surface area (Å²) in [7, 11) is 0. The average Bonchev–Trinajstić information content (AvgIpc) is 2.99. The molecule has 2 bridgehead atoms. The SMILES string of the molecule is CC(C#N)(COC(=O)C1=C2CCCC(=C1)C2)NC(=O)c1ccc(C(F)(F)F)cc1. The lowest BCUT2D eigenvalue weighted by molar-refractivity contribution is -0.140. The summed E-state index contributed by atoms with van der Waals surface area (Å²) in [4.78, 5) is 24.7. The molecule has 1 aromatic carbocycles. The van der Waals surface area contributed by atoms with Gasteiger partial charge in [-0.2, -0.15) is 18.4 Å². The molecule has 29 heavy (non-hydrogen) atoms. The van der Waals surface area contributed by atoms with Gasteiger partial charge in [0.2, 0.25) is 0 Å². The van der Waals surface area contributed by atoms with Crippen molar-refractivity contribution in [1.29, 1.82) is 5.26 Å². The van der Waals surface area contributed by atoms with Crippen LogP contribution in [0.25, 0.3) is 0 Å². The average molecular weight is 404 g/mol. The number of fused-ring (bicyclic) bond motifs is 2. The summed E-state index contributed by atoms with van der Waals surface area (Å²) in [5, 5.41) is 11.9. The van der Waals surface area contributed by atoms with Gasteiger partial charge in [0, 0.05) is 5.56 Å². The highest BCUT2D eigenvalue weighted by molar-refractivity contribution is 5.95. The Labute approximate surface area is 165 Å². The molecule has 0 aromatic heterocycles. The fourth-order valence-electron chi connectivity index (χ4n) is 3.36. The standard InChI is InChI=1S/C21H19F3N2O3/c1-20(11-25,12-29-19(28)17-10-13-3-2-4-15(17)9-13)26-18(27)14-5-7-16(8-6-14)21(22,23)24/h5-8,10H,2-4,9,12H2,1H3,(H,26,27). The molecule has 3 rings (SSSR count). The number of carbonyl (C=O) groups is 2. The molecule has 1 atom stereocenters. The summed E-state index contributed by atoms with van der Waals surface area (Å²) in [6.45, 7) is 1.00. The van der Waals surface area contributed by atoms with Crippen LogP contribution in [-0.4, -0.2) is 24.0 Å². The molecule has 1 aromatic rings. The van der Waals surface area contributed by atoms with Gasteiger partial charge < -0.3 is 10.1 Å². The Kier molecular flexibility index (Phi) is 5.51. The number of hydrogen-bond donors (Lipinski definition) is 1. The molecule has 5 nitrogen and oxygen atoms in total. The summed E-state index contributed by atoms with van der Waals surface area (Å²) in [6.07, 6.45) is 0.898. The van der Waals surface area contributed by atoms with Gasteiger partial charge in [0.05, 0.1) is 17.2 Å². The molecule has 2 aliphatic carbocycles. The highest BCUT2D eigenvalue weighted by Gasteiger charge is 2.33. The Morgan fingerprint density at radius 2 is 1.90 bits per heavy atom. The van der Waals surface area contributed by atoms with Crippen LogP contribution < -0.4 is 5.32 Å². The van der Waals surface area contributed by atoms with Crippen molar-refractivity contribution in [3.63, 3.8) is 0 Å². The van der Waals surface area contributed by atoms with Gasteiger partial charge in [-0.1, -0.05) is 11.1 Å². The number of carbonyl (C=O) groups excluding carboxylic acids is 2. The van der Waals surface area contributed by atoms with Crippen LogP contribution in [-0.2, 0) is 15.7 Å². The maximum absolute atomic E-state index is 12.6. The molecule has 0 spiro atoms. The summed E-state index contributed by atoms with van der Waals surface area (Å²) in [5.74, 6) is -1.28. The Bertz CT molecular complexity index is 939. The second-order valence-corrected chi connectivity index (χ2v) is 7.40. The van der Waals surface area contributed by atoms with Gasteiger partial charge in [-0.05, 0) is 62.9 Å². The number of rotatable bonds is 5. The van der Waals surface area contributed by atoms with Crippen LogP contribution in [0.5, 0.6) is 0 Å². The van der Waals surface area contributed by atoms with Crippen molar-refractivity contribution >= 4 is 11.9 Å². The zero-order valence-corrected chi connectivity index (χ0v) is 15.7. The third-order valence-electron chi connectivity index (χ3n) is 4.97. The first-order chi connectivity index (χ1) is 13.6. The maximum atomic E-state index is 12.6. The molecular weight excluding hydrogens is 385 g/mol. The van der Waals surface area contributed by atoms with Crippen molar-refractivity contribution in [2.45, 2.75) is 44.3 Å². The normalized spacial score (nSPS) is 17.8. The third-order valence-corrected chi connectivity index (χ3v) is 4.97. The van der Waals surface area contributed by atoms with Crippen LogP contribution in [0.1, 0.15) is 48.5 Å². The lowest BCUT2D eigenvalue weighted by Gasteiger charge is -2.23. The van der Waals surface area contributed by atoms with Crippen LogP contribution in [0, 0.1) is 11.3 Å². The monoisotopic (exact) mass is 404 g/mol. The second kappa shape index (κ2) is 7.74. The van der Waals surface area contributed by atoms with Crippen molar-refractivity contribution in [3.05, 3.63) is 58.2 Å². The minimum Gasteiger partial charge on any atom is -0.458 e. The van der Waals surface area contributed by atoms with E-state index in [-0.39, 0.29) is 12.2 Å². The topological polar surface area (TPSA) is 79.2 Å². The summed E-state index contributed by atoms with van der Waals surface area (Å²) < 4.78 is 43.2. The molecule has 152 valence electrons. The third kappa shape index (κ3) is 4.67.